The number of anilines is 1. The Morgan fingerprint density at radius 2 is 1.87 bits per heavy atom. The number of halogens is 1. The molecule has 2 aromatic carbocycles. The number of carbonyl (C=O) groups is 2. The molecular weight excluding hydrogens is 407 g/mol. The fourth-order valence-corrected chi connectivity index (χ4v) is 4.23. The highest BCUT2D eigenvalue weighted by Gasteiger charge is 2.33. The summed E-state index contributed by atoms with van der Waals surface area (Å²) in [4.78, 5) is 27.2. The molecule has 2 heterocycles. The summed E-state index contributed by atoms with van der Waals surface area (Å²) in [5.41, 5.74) is 1.04. The van der Waals surface area contributed by atoms with Crippen molar-refractivity contribution in [2.75, 3.05) is 19.0 Å². The number of nitrogens with one attached hydrogen (secondary N) is 1. The van der Waals surface area contributed by atoms with Crippen LogP contribution < -0.4 is 10.1 Å². The normalized spacial score (nSPS) is 15.8. The molecule has 0 saturated carbocycles. The first-order valence-electron chi connectivity index (χ1n) is 9.40. The Kier molecular flexibility index (Phi) is 5.71. The molecule has 154 valence electrons. The number of ether oxygens (including phenoxy) is 1. The Labute approximate surface area is 176 Å². The van der Waals surface area contributed by atoms with Gasteiger partial charge in [-0.05, 0) is 61.4 Å². The predicted octanol–water partition coefficient (Wildman–Crippen LogP) is 3.92. The monoisotopic (exact) mass is 426 g/mol. The van der Waals surface area contributed by atoms with E-state index in [9.17, 15) is 14.0 Å². The number of likely N-dealkylation sites (tertiary alicyclic amines) is 1. The summed E-state index contributed by atoms with van der Waals surface area (Å²) in [6.07, 6.45) is 1.61. The van der Waals surface area contributed by atoms with E-state index < -0.39 is 5.91 Å². The van der Waals surface area contributed by atoms with E-state index in [-0.39, 0.29) is 22.8 Å². The molecule has 1 N–H and O–H groups in total. The molecule has 0 bridgehead atoms. The smallest absolute Gasteiger partial charge is 0.286 e. The van der Waals surface area contributed by atoms with Gasteiger partial charge in [-0.1, -0.05) is 11.3 Å². The van der Waals surface area contributed by atoms with E-state index in [1.807, 2.05) is 0 Å². The summed E-state index contributed by atoms with van der Waals surface area (Å²) in [5.74, 6) is -0.205. The molecular formula is C21H19FN4O3S. The van der Waals surface area contributed by atoms with Crippen LogP contribution in [0, 0.1) is 5.82 Å². The summed E-state index contributed by atoms with van der Waals surface area (Å²) in [7, 11) is 1.58. The standard InChI is InChI=1S/C21H19FN4O3S/c1-29-16-10-4-13(5-11-16)21(28)26-12-2-3-17(26)19-24-25-20(30-19)18(27)23-15-8-6-14(22)7-9-15/h4-11,17H,2-3,12H2,1H3,(H,23,27)/t17-/m0/s1. The Morgan fingerprint density at radius 3 is 2.57 bits per heavy atom. The summed E-state index contributed by atoms with van der Waals surface area (Å²) >= 11 is 1.16. The quantitative estimate of drug-likeness (QED) is 0.669. The van der Waals surface area contributed by atoms with Crippen molar-refractivity contribution in [1.82, 2.24) is 15.1 Å². The highest BCUT2D eigenvalue weighted by atomic mass is 32.1. The van der Waals surface area contributed by atoms with Gasteiger partial charge in [-0.3, -0.25) is 9.59 Å². The van der Waals surface area contributed by atoms with Crippen LogP contribution in [0.4, 0.5) is 10.1 Å². The SMILES string of the molecule is COc1ccc(C(=O)N2CCC[C@H]2c2nnc(C(=O)Nc3ccc(F)cc3)s2)cc1. The van der Waals surface area contributed by atoms with Crippen LogP contribution >= 0.6 is 11.3 Å². The zero-order chi connectivity index (χ0) is 21.1. The minimum atomic E-state index is -0.420. The van der Waals surface area contributed by atoms with E-state index in [2.05, 4.69) is 15.5 Å². The van der Waals surface area contributed by atoms with E-state index in [1.165, 1.54) is 24.3 Å². The Hall–Kier alpha value is -3.33. The number of benzene rings is 2. The molecule has 1 atom stereocenters. The van der Waals surface area contributed by atoms with Gasteiger partial charge >= 0.3 is 0 Å². The fraction of sp³-hybridized carbons (Fsp3) is 0.238. The van der Waals surface area contributed by atoms with Crippen LogP contribution in [0.15, 0.2) is 48.5 Å². The molecule has 0 aliphatic carbocycles. The van der Waals surface area contributed by atoms with E-state index in [4.69, 9.17) is 4.74 Å². The minimum absolute atomic E-state index is 0.0901. The lowest BCUT2D eigenvalue weighted by Gasteiger charge is -2.22. The van der Waals surface area contributed by atoms with Crippen LogP contribution in [-0.4, -0.2) is 40.6 Å². The van der Waals surface area contributed by atoms with Crippen molar-refractivity contribution in [1.29, 1.82) is 0 Å². The highest BCUT2D eigenvalue weighted by molar-refractivity contribution is 7.13. The molecule has 4 rings (SSSR count). The van der Waals surface area contributed by atoms with Crippen molar-refractivity contribution in [3.63, 3.8) is 0 Å². The number of rotatable bonds is 5. The highest BCUT2D eigenvalue weighted by Crippen LogP contribution is 2.35. The van der Waals surface area contributed by atoms with E-state index in [0.29, 0.717) is 28.6 Å². The first kappa shape index (κ1) is 20.0. The molecule has 1 saturated heterocycles. The van der Waals surface area contributed by atoms with Crippen LogP contribution in [0.25, 0.3) is 0 Å². The van der Waals surface area contributed by atoms with Crippen molar-refractivity contribution < 1.29 is 18.7 Å². The Balaban J connectivity index is 1.48. The molecule has 30 heavy (non-hydrogen) atoms. The second kappa shape index (κ2) is 8.58. The van der Waals surface area contributed by atoms with Crippen LogP contribution in [0.1, 0.15) is 44.1 Å². The largest absolute Gasteiger partial charge is 0.497 e. The molecule has 1 aliphatic heterocycles. The van der Waals surface area contributed by atoms with Crippen LogP contribution in [0.3, 0.4) is 0 Å². The topological polar surface area (TPSA) is 84.4 Å². The van der Waals surface area contributed by atoms with Crippen molar-refractivity contribution in [3.05, 3.63) is 69.9 Å². The number of aromatic nitrogens is 2. The average molecular weight is 426 g/mol. The van der Waals surface area contributed by atoms with Gasteiger partial charge in [-0.15, -0.1) is 10.2 Å². The molecule has 0 unspecified atom stereocenters. The number of hydrogen-bond acceptors (Lipinski definition) is 6. The lowest BCUT2D eigenvalue weighted by Crippen LogP contribution is -2.30. The third kappa shape index (κ3) is 4.16. The van der Waals surface area contributed by atoms with E-state index in [0.717, 1.165) is 24.2 Å². The zero-order valence-electron chi connectivity index (χ0n) is 16.2. The predicted molar refractivity (Wildman–Crippen MR) is 110 cm³/mol. The summed E-state index contributed by atoms with van der Waals surface area (Å²) in [6.45, 7) is 0.617. The molecule has 0 radical (unpaired) electrons. The Morgan fingerprint density at radius 1 is 1.13 bits per heavy atom. The molecule has 9 heteroatoms. The van der Waals surface area contributed by atoms with Gasteiger partial charge in [0.15, 0.2) is 0 Å². The van der Waals surface area contributed by atoms with Crippen molar-refractivity contribution in [3.8, 4) is 5.75 Å². The van der Waals surface area contributed by atoms with Gasteiger partial charge in [-0.25, -0.2) is 4.39 Å². The molecule has 1 aromatic heterocycles. The van der Waals surface area contributed by atoms with Crippen LogP contribution in [0.2, 0.25) is 0 Å². The maximum Gasteiger partial charge on any atom is 0.286 e. The van der Waals surface area contributed by atoms with Crippen molar-refractivity contribution in [2.45, 2.75) is 18.9 Å². The zero-order valence-corrected chi connectivity index (χ0v) is 17.0. The number of amides is 2. The lowest BCUT2D eigenvalue weighted by molar-refractivity contribution is 0.0735. The average Bonchev–Trinajstić information content (AvgIpc) is 3.44. The third-order valence-electron chi connectivity index (χ3n) is 4.87. The first-order valence-corrected chi connectivity index (χ1v) is 10.2. The van der Waals surface area contributed by atoms with Crippen molar-refractivity contribution >= 4 is 28.8 Å². The number of methoxy groups -OCH3 is 1. The van der Waals surface area contributed by atoms with E-state index >= 15 is 0 Å². The number of carbonyl (C=O) groups excluding carboxylic acids is 2. The van der Waals surface area contributed by atoms with Crippen LogP contribution in [0.5, 0.6) is 5.75 Å². The van der Waals surface area contributed by atoms with Gasteiger partial charge in [0.25, 0.3) is 11.8 Å². The number of hydrogen-bond donors (Lipinski definition) is 1. The maximum absolute atomic E-state index is 13.0. The van der Waals surface area contributed by atoms with Gasteiger partial charge < -0.3 is 15.0 Å². The molecule has 3 aromatic rings. The third-order valence-corrected chi connectivity index (χ3v) is 5.90. The lowest BCUT2D eigenvalue weighted by atomic mass is 10.1. The van der Waals surface area contributed by atoms with Crippen LogP contribution in [-0.2, 0) is 0 Å². The molecule has 2 amide bonds. The fourth-order valence-electron chi connectivity index (χ4n) is 3.34. The van der Waals surface area contributed by atoms with Gasteiger partial charge in [0, 0.05) is 17.8 Å². The van der Waals surface area contributed by atoms with Gasteiger partial charge in [0.2, 0.25) is 5.01 Å². The minimum Gasteiger partial charge on any atom is -0.497 e. The second-order valence-electron chi connectivity index (χ2n) is 6.79. The van der Waals surface area contributed by atoms with E-state index in [1.54, 1.807) is 36.3 Å². The van der Waals surface area contributed by atoms with Crippen molar-refractivity contribution in [2.24, 2.45) is 0 Å². The maximum atomic E-state index is 13.0. The Bertz CT molecular complexity index is 1050. The molecule has 1 aliphatic rings. The second-order valence-corrected chi connectivity index (χ2v) is 7.80. The molecule has 0 spiro atoms. The summed E-state index contributed by atoms with van der Waals surface area (Å²) in [5, 5.41) is 11.6. The molecule has 1 fully saturated rings. The summed E-state index contributed by atoms with van der Waals surface area (Å²) < 4.78 is 18.2. The van der Waals surface area contributed by atoms with Gasteiger partial charge in [0.05, 0.1) is 13.2 Å². The number of nitrogens with zero attached hydrogens (tertiary/aromatic N) is 3. The summed E-state index contributed by atoms with van der Waals surface area (Å²) in [6, 6.07) is 12.2. The molecule has 7 nitrogen and oxygen atoms in total. The van der Waals surface area contributed by atoms with Gasteiger partial charge in [0.1, 0.15) is 16.6 Å². The van der Waals surface area contributed by atoms with Gasteiger partial charge in [-0.2, -0.15) is 0 Å². The first-order chi connectivity index (χ1) is 14.5.